The number of piperidine rings is 1. The zero-order chi connectivity index (χ0) is 20.1. The van der Waals surface area contributed by atoms with Gasteiger partial charge in [-0.1, -0.05) is 5.92 Å². The maximum Gasteiger partial charge on any atom is 0.419 e. The predicted octanol–water partition coefficient (Wildman–Crippen LogP) is 3.26. The molecule has 1 aromatic rings. The van der Waals surface area contributed by atoms with E-state index in [4.69, 9.17) is 14.2 Å². The molecule has 0 radical (unpaired) electrons. The highest BCUT2D eigenvalue weighted by Gasteiger charge is 2.37. The van der Waals surface area contributed by atoms with E-state index in [1.54, 1.807) is 12.0 Å². The molecule has 28 heavy (non-hydrogen) atoms. The van der Waals surface area contributed by atoms with Crippen molar-refractivity contribution in [3.63, 3.8) is 0 Å². The van der Waals surface area contributed by atoms with E-state index in [1.807, 2.05) is 0 Å². The Morgan fingerprint density at radius 2 is 1.86 bits per heavy atom. The lowest BCUT2D eigenvalue weighted by molar-refractivity contribution is -0.137. The molecule has 2 fully saturated rings. The Kier molecular flexibility index (Phi) is 6.81. The number of aromatic nitrogens is 1. The Labute approximate surface area is 163 Å². The van der Waals surface area contributed by atoms with Crippen LogP contribution in [-0.2, 0) is 20.4 Å². The van der Waals surface area contributed by atoms with Crippen molar-refractivity contribution in [1.82, 2.24) is 4.98 Å². The molecule has 0 atom stereocenters. The zero-order valence-corrected chi connectivity index (χ0v) is 16.1. The van der Waals surface area contributed by atoms with Gasteiger partial charge in [0.25, 0.3) is 0 Å². The largest absolute Gasteiger partial charge is 0.419 e. The summed E-state index contributed by atoms with van der Waals surface area (Å²) in [7, 11) is 3.20. The second-order valence-electron chi connectivity index (χ2n) is 7.09. The van der Waals surface area contributed by atoms with E-state index in [1.165, 1.54) is 13.2 Å². The minimum atomic E-state index is -4.46. The fourth-order valence-corrected chi connectivity index (χ4v) is 3.52. The van der Waals surface area contributed by atoms with Crippen molar-refractivity contribution in [2.75, 3.05) is 38.8 Å². The molecule has 154 valence electrons. The summed E-state index contributed by atoms with van der Waals surface area (Å²) in [5.41, 5.74) is -0.296. The monoisotopic (exact) mass is 398 g/mol. The first-order valence-corrected chi connectivity index (χ1v) is 9.39. The first-order chi connectivity index (χ1) is 13.4. The molecular weight excluding hydrogens is 373 g/mol. The van der Waals surface area contributed by atoms with Crippen LogP contribution in [0.5, 0.6) is 0 Å². The molecule has 3 rings (SSSR count). The smallest absolute Gasteiger partial charge is 0.381 e. The van der Waals surface area contributed by atoms with Crippen molar-refractivity contribution < 1.29 is 27.4 Å². The van der Waals surface area contributed by atoms with Crippen LogP contribution in [0.2, 0.25) is 0 Å². The van der Waals surface area contributed by atoms with Gasteiger partial charge in [0.15, 0.2) is 0 Å². The van der Waals surface area contributed by atoms with Gasteiger partial charge in [-0.25, -0.2) is 4.98 Å². The van der Waals surface area contributed by atoms with Crippen LogP contribution in [-0.4, -0.2) is 57.2 Å². The number of ether oxygens (including phenoxy) is 3. The first kappa shape index (κ1) is 20.9. The Morgan fingerprint density at radius 3 is 2.46 bits per heavy atom. The molecule has 1 aliphatic carbocycles. The van der Waals surface area contributed by atoms with Crippen molar-refractivity contribution in [3.8, 4) is 11.8 Å². The Morgan fingerprint density at radius 1 is 1.14 bits per heavy atom. The average Bonchev–Trinajstić information content (AvgIpc) is 2.64. The van der Waals surface area contributed by atoms with Crippen molar-refractivity contribution in [1.29, 1.82) is 0 Å². The number of nitrogens with zero attached hydrogens (tertiary/aromatic N) is 2. The van der Waals surface area contributed by atoms with Gasteiger partial charge >= 0.3 is 6.18 Å². The maximum atomic E-state index is 13.5. The first-order valence-electron chi connectivity index (χ1n) is 9.39. The van der Waals surface area contributed by atoms with Gasteiger partial charge in [0.1, 0.15) is 12.3 Å². The molecule has 0 aromatic carbocycles. The van der Waals surface area contributed by atoms with E-state index in [9.17, 15) is 13.2 Å². The average molecular weight is 398 g/mol. The van der Waals surface area contributed by atoms with Crippen LogP contribution in [0.15, 0.2) is 12.3 Å². The number of halogens is 3. The van der Waals surface area contributed by atoms with Crippen LogP contribution in [0.4, 0.5) is 18.9 Å². The van der Waals surface area contributed by atoms with Gasteiger partial charge in [-0.05, 0) is 37.7 Å². The van der Waals surface area contributed by atoms with E-state index in [-0.39, 0.29) is 30.6 Å². The standard InChI is InChI=1S/C20H25F3N2O3/c1-26-9-3-4-14-10-19(18(13-24-14)20(21,22)23)25-7-5-15(6-8-25)28-17-11-16(12-17)27-2/h10,13,15-17H,5-9,11-12H2,1-2H3. The van der Waals surface area contributed by atoms with Gasteiger partial charge in [-0.15, -0.1) is 0 Å². The molecule has 1 saturated heterocycles. The van der Waals surface area contributed by atoms with Crippen molar-refractivity contribution >= 4 is 5.69 Å². The second-order valence-corrected chi connectivity index (χ2v) is 7.09. The number of anilines is 1. The quantitative estimate of drug-likeness (QED) is 0.713. The van der Waals surface area contributed by atoms with Crippen LogP contribution in [0.3, 0.4) is 0 Å². The second kappa shape index (κ2) is 9.12. The maximum absolute atomic E-state index is 13.5. The Bertz CT molecular complexity index is 716. The summed E-state index contributed by atoms with van der Waals surface area (Å²) in [4.78, 5) is 5.60. The minimum Gasteiger partial charge on any atom is -0.381 e. The number of pyridine rings is 1. The van der Waals surface area contributed by atoms with Crippen LogP contribution in [0.25, 0.3) is 0 Å². The van der Waals surface area contributed by atoms with Gasteiger partial charge in [0.05, 0.1) is 29.6 Å². The zero-order valence-electron chi connectivity index (χ0n) is 16.1. The van der Waals surface area contributed by atoms with Gasteiger partial charge in [0, 0.05) is 33.5 Å². The summed E-state index contributed by atoms with van der Waals surface area (Å²) in [6.45, 7) is 1.21. The molecule has 0 unspecified atom stereocenters. The summed E-state index contributed by atoms with van der Waals surface area (Å²) in [6, 6.07) is 1.42. The molecule has 0 amide bonds. The van der Waals surface area contributed by atoms with Crippen LogP contribution in [0, 0.1) is 11.8 Å². The van der Waals surface area contributed by atoms with Gasteiger partial charge in [-0.3, -0.25) is 0 Å². The lowest BCUT2D eigenvalue weighted by Crippen LogP contribution is -2.43. The summed E-state index contributed by atoms with van der Waals surface area (Å²) in [6.07, 6.45) is 0.132. The molecule has 0 bridgehead atoms. The highest BCUT2D eigenvalue weighted by Crippen LogP contribution is 2.38. The third-order valence-corrected chi connectivity index (χ3v) is 5.17. The molecule has 1 aliphatic heterocycles. The SMILES string of the molecule is COCC#Cc1cc(N2CCC(OC3CC(OC)C3)CC2)c(C(F)(F)F)cn1. The highest BCUT2D eigenvalue weighted by molar-refractivity contribution is 5.57. The predicted molar refractivity (Wildman–Crippen MR) is 98.1 cm³/mol. The highest BCUT2D eigenvalue weighted by atomic mass is 19.4. The van der Waals surface area contributed by atoms with E-state index in [2.05, 4.69) is 16.8 Å². The normalized spacial score (nSPS) is 23.1. The molecule has 8 heteroatoms. The third kappa shape index (κ3) is 5.16. The van der Waals surface area contributed by atoms with E-state index in [0.29, 0.717) is 31.6 Å². The molecule has 1 aromatic heterocycles. The number of hydrogen-bond acceptors (Lipinski definition) is 5. The topological polar surface area (TPSA) is 43.8 Å². The third-order valence-electron chi connectivity index (χ3n) is 5.17. The van der Waals surface area contributed by atoms with Gasteiger partial charge in [0.2, 0.25) is 0 Å². The number of methoxy groups -OCH3 is 2. The molecule has 5 nitrogen and oxygen atoms in total. The molecule has 0 spiro atoms. The van der Waals surface area contributed by atoms with Crippen LogP contribution >= 0.6 is 0 Å². The number of rotatable bonds is 5. The molecular formula is C20H25F3N2O3. The summed E-state index contributed by atoms with van der Waals surface area (Å²) >= 11 is 0. The number of alkyl halides is 3. The van der Waals surface area contributed by atoms with Crippen molar-refractivity contribution in [2.45, 2.75) is 50.2 Å². The molecule has 1 saturated carbocycles. The summed E-state index contributed by atoms with van der Waals surface area (Å²) in [5, 5.41) is 0. The van der Waals surface area contributed by atoms with E-state index < -0.39 is 11.7 Å². The molecule has 2 heterocycles. The van der Waals surface area contributed by atoms with E-state index in [0.717, 1.165) is 19.0 Å². The molecule has 2 aliphatic rings. The lowest BCUT2D eigenvalue weighted by Gasteiger charge is -2.40. The number of hydrogen-bond donors (Lipinski definition) is 0. The van der Waals surface area contributed by atoms with Crippen LogP contribution in [0.1, 0.15) is 36.9 Å². The Hall–Kier alpha value is -1.82. The van der Waals surface area contributed by atoms with Gasteiger partial charge in [-0.2, -0.15) is 13.2 Å². The Balaban J connectivity index is 1.66. The summed E-state index contributed by atoms with van der Waals surface area (Å²) in [5.74, 6) is 5.47. The fourth-order valence-electron chi connectivity index (χ4n) is 3.52. The van der Waals surface area contributed by atoms with Crippen molar-refractivity contribution in [3.05, 3.63) is 23.5 Å². The van der Waals surface area contributed by atoms with Crippen LogP contribution < -0.4 is 4.90 Å². The molecule has 0 N–H and O–H groups in total. The van der Waals surface area contributed by atoms with Crippen molar-refractivity contribution in [2.24, 2.45) is 0 Å². The lowest BCUT2D eigenvalue weighted by atomic mass is 9.91. The van der Waals surface area contributed by atoms with Gasteiger partial charge < -0.3 is 19.1 Å². The minimum absolute atomic E-state index is 0.0798. The van der Waals surface area contributed by atoms with E-state index >= 15 is 0 Å². The fraction of sp³-hybridized carbons (Fsp3) is 0.650. The summed E-state index contributed by atoms with van der Waals surface area (Å²) < 4.78 is 56.5.